The molecule has 1 aliphatic carbocycles. The summed E-state index contributed by atoms with van der Waals surface area (Å²) in [6.45, 7) is 5.12. The predicted octanol–water partition coefficient (Wildman–Crippen LogP) is 5.70. The summed E-state index contributed by atoms with van der Waals surface area (Å²) in [5.41, 5.74) is 4.32. The smallest absolute Gasteiger partial charge is 0.135 e. The van der Waals surface area contributed by atoms with E-state index in [1.165, 1.54) is 25.0 Å². The lowest BCUT2D eigenvalue weighted by Crippen LogP contribution is -2.15. The van der Waals surface area contributed by atoms with Gasteiger partial charge in [0.05, 0.1) is 22.9 Å². The number of pyridine rings is 1. The molecule has 3 aromatic heterocycles. The van der Waals surface area contributed by atoms with Gasteiger partial charge in [0, 0.05) is 48.8 Å². The van der Waals surface area contributed by atoms with Crippen LogP contribution in [0.5, 0.6) is 0 Å². The molecule has 0 unspecified atom stereocenters. The first-order valence-electron chi connectivity index (χ1n) is 11.7. The molecule has 6 rings (SSSR count). The Hall–Kier alpha value is -3.26. The molecule has 0 atom stereocenters. The van der Waals surface area contributed by atoms with Gasteiger partial charge in [-0.3, -0.25) is 4.68 Å². The molecule has 176 valence electrons. The zero-order valence-corrected chi connectivity index (χ0v) is 19.3. The third kappa shape index (κ3) is 4.82. The fourth-order valence-electron chi connectivity index (χ4n) is 4.16. The van der Waals surface area contributed by atoms with Crippen LogP contribution in [0.15, 0.2) is 42.7 Å². The van der Waals surface area contributed by atoms with E-state index >= 15 is 0 Å². The largest absolute Gasteiger partial charge is 0.381 e. The minimum Gasteiger partial charge on any atom is -0.381 e. The van der Waals surface area contributed by atoms with Crippen molar-refractivity contribution in [2.45, 2.75) is 51.5 Å². The monoisotopic (exact) mass is 463 g/mol. The first-order valence-corrected chi connectivity index (χ1v) is 11.7. The third-order valence-corrected chi connectivity index (χ3v) is 6.36. The van der Waals surface area contributed by atoms with Crippen molar-refractivity contribution >= 4 is 11.0 Å². The molecule has 0 amide bonds. The summed E-state index contributed by atoms with van der Waals surface area (Å²) in [7, 11) is 0. The molecular weight excluding hydrogens is 436 g/mol. The number of nitrogens with zero attached hydrogens (tertiary/aromatic N) is 5. The molecule has 4 heterocycles. The van der Waals surface area contributed by atoms with Crippen LogP contribution in [0.1, 0.15) is 54.7 Å². The summed E-state index contributed by atoms with van der Waals surface area (Å²) >= 11 is 0. The van der Waals surface area contributed by atoms with E-state index in [1.54, 1.807) is 0 Å². The Balaban J connectivity index is 0.000000252. The van der Waals surface area contributed by atoms with Crippen LogP contribution in [-0.4, -0.2) is 37.9 Å². The maximum atomic E-state index is 14.5. The molecule has 8 heteroatoms. The van der Waals surface area contributed by atoms with E-state index < -0.39 is 11.6 Å². The highest BCUT2D eigenvalue weighted by Crippen LogP contribution is 2.34. The Kier molecular flexibility index (Phi) is 6.32. The van der Waals surface area contributed by atoms with Crippen LogP contribution in [0, 0.1) is 25.5 Å². The van der Waals surface area contributed by atoms with Crippen molar-refractivity contribution < 1.29 is 13.5 Å². The quantitative estimate of drug-likeness (QED) is 0.390. The number of benzene rings is 1. The normalized spacial score (nSPS) is 16.4. The lowest BCUT2D eigenvalue weighted by Gasteiger charge is -2.22. The van der Waals surface area contributed by atoms with Crippen LogP contribution in [-0.2, 0) is 4.74 Å². The molecule has 6 nitrogen and oxygen atoms in total. The summed E-state index contributed by atoms with van der Waals surface area (Å²) in [4.78, 5) is 14.0. The molecule has 1 saturated carbocycles. The lowest BCUT2D eigenvalue weighted by atomic mass is 9.95. The molecule has 0 N–H and O–H groups in total. The van der Waals surface area contributed by atoms with Gasteiger partial charge in [-0.1, -0.05) is 0 Å². The van der Waals surface area contributed by atoms with Crippen molar-refractivity contribution in [3.8, 4) is 11.3 Å². The van der Waals surface area contributed by atoms with Gasteiger partial charge in [-0.2, -0.15) is 5.10 Å². The molecule has 0 spiro atoms. The Bertz CT molecular complexity index is 1300. The predicted molar refractivity (Wildman–Crippen MR) is 125 cm³/mol. The third-order valence-electron chi connectivity index (χ3n) is 6.36. The Morgan fingerprint density at radius 2 is 1.71 bits per heavy atom. The average molecular weight is 464 g/mol. The number of halogens is 2. The highest BCUT2D eigenvalue weighted by molar-refractivity contribution is 5.89. The molecule has 0 radical (unpaired) electrons. The van der Waals surface area contributed by atoms with Gasteiger partial charge in [-0.05, 0) is 63.8 Å². The fraction of sp³-hybridized carbons (Fsp3) is 0.385. The van der Waals surface area contributed by atoms with Gasteiger partial charge in [0.2, 0.25) is 0 Å². The Labute approximate surface area is 197 Å². The topological polar surface area (TPSA) is 65.7 Å². The van der Waals surface area contributed by atoms with E-state index in [9.17, 15) is 8.78 Å². The molecule has 1 aliphatic heterocycles. The number of ether oxygens (including phenoxy) is 1. The van der Waals surface area contributed by atoms with Gasteiger partial charge < -0.3 is 4.74 Å². The van der Waals surface area contributed by atoms with Crippen molar-refractivity contribution in [3.05, 3.63) is 71.4 Å². The molecule has 1 saturated heterocycles. The van der Waals surface area contributed by atoms with E-state index in [1.807, 2.05) is 43.1 Å². The average Bonchev–Trinajstić information content (AvgIpc) is 3.54. The highest BCUT2D eigenvalue weighted by atomic mass is 19.1. The Morgan fingerprint density at radius 1 is 0.941 bits per heavy atom. The molecule has 4 aromatic rings. The van der Waals surface area contributed by atoms with Crippen LogP contribution in [0.25, 0.3) is 22.3 Å². The molecule has 0 bridgehead atoms. The number of aromatic nitrogens is 5. The number of fused-ring (bicyclic) bond motifs is 1. The van der Waals surface area contributed by atoms with Crippen LogP contribution in [0.2, 0.25) is 0 Å². The van der Waals surface area contributed by atoms with Gasteiger partial charge >= 0.3 is 0 Å². The lowest BCUT2D eigenvalue weighted by molar-refractivity contribution is 0.0845. The number of hydrogen-bond acceptors (Lipinski definition) is 5. The van der Waals surface area contributed by atoms with Gasteiger partial charge in [0.25, 0.3) is 0 Å². The first kappa shape index (κ1) is 22.5. The second-order valence-electron chi connectivity index (χ2n) is 8.89. The van der Waals surface area contributed by atoms with Crippen molar-refractivity contribution in [1.82, 2.24) is 24.7 Å². The highest BCUT2D eigenvalue weighted by Gasteiger charge is 2.23. The number of aryl methyl sites for hydroxylation is 2. The van der Waals surface area contributed by atoms with Gasteiger partial charge in [0.1, 0.15) is 22.8 Å². The standard InChI is InChI=1S/C20H19F2N3O.C6H8N2/c1-11-12(2)24-20-18(23-11)10-17(13-5-7-26-8-6-13)25-19(20)15-4-3-14(21)9-16(15)22;1-4-7-8(5-1)6-2-3-6/h3-4,9-10,13H,5-8H2,1-2H3;1,4-6H,2-3H2. The second-order valence-corrected chi connectivity index (χ2v) is 8.89. The van der Waals surface area contributed by atoms with Crippen LogP contribution in [0.3, 0.4) is 0 Å². The molecular formula is C26H27F2N5O. The SMILES string of the molecule is Cc1nc2cc(C3CCOCC3)nc(-c3ccc(F)cc3F)c2nc1C.c1cnn(C2CC2)c1. The van der Waals surface area contributed by atoms with E-state index in [0.29, 0.717) is 29.9 Å². The van der Waals surface area contributed by atoms with Crippen LogP contribution >= 0.6 is 0 Å². The summed E-state index contributed by atoms with van der Waals surface area (Å²) < 4.78 is 35.3. The van der Waals surface area contributed by atoms with Crippen molar-refractivity contribution in [3.63, 3.8) is 0 Å². The summed E-state index contributed by atoms with van der Waals surface area (Å²) in [5, 5.41) is 4.09. The second kappa shape index (κ2) is 9.54. The number of hydrogen-bond donors (Lipinski definition) is 0. The molecule has 1 aromatic carbocycles. The zero-order chi connectivity index (χ0) is 23.7. The van der Waals surface area contributed by atoms with Gasteiger partial charge in [-0.25, -0.2) is 23.7 Å². The van der Waals surface area contributed by atoms with E-state index in [4.69, 9.17) is 9.72 Å². The zero-order valence-electron chi connectivity index (χ0n) is 19.3. The van der Waals surface area contributed by atoms with Crippen LogP contribution < -0.4 is 0 Å². The van der Waals surface area contributed by atoms with Gasteiger partial charge in [-0.15, -0.1) is 0 Å². The molecule has 2 aliphatic rings. The maximum Gasteiger partial charge on any atom is 0.135 e. The van der Waals surface area contributed by atoms with E-state index in [0.717, 1.165) is 42.0 Å². The Morgan fingerprint density at radius 3 is 2.38 bits per heavy atom. The first-order chi connectivity index (χ1) is 16.5. The van der Waals surface area contributed by atoms with Gasteiger partial charge in [0.15, 0.2) is 0 Å². The maximum absolute atomic E-state index is 14.5. The number of rotatable bonds is 3. The molecule has 2 fully saturated rings. The summed E-state index contributed by atoms with van der Waals surface area (Å²) in [5.74, 6) is -1.03. The van der Waals surface area contributed by atoms with Crippen LogP contribution in [0.4, 0.5) is 8.78 Å². The molecule has 34 heavy (non-hydrogen) atoms. The van der Waals surface area contributed by atoms with E-state index in [2.05, 4.69) is 15.1 Å². The summed E-state index contributed by atoms with van der Waals surface area (Å²) in [6.07, 6.45) is 8.23. The van der Waals surface area contributed by atoms with Crippen molar-refractivity contribution in [2.24, 2.45) is 0 Å². The minimum absolute atomic E-state index is 0.235. The minimum atomic E-state index is -0.650. The van der Waals surface area contributed by atoms with E-state index in [-0.39, 0.29) is 11.5 Å². The fourth-order valence-corrected chi connectivity index (χ4v) is 4.16. The summed E-state index contributed by atoms with van der Waals surface area (Å²) in [6, 6.07) is 8.18. The van der Waals surface area contributed by atoms with Crippen molar-refractivity contribution in [2.75, 3.05) is 13.2 Å². The van der Waals surface area contributed by atoms with Crippen molar-refractivity contribution in [1.29, 1.82) is 0 Å².